The predicted octanol–water partition coefficient (Wildman–Crippen LogP) is 3.71. The molecule has 2 aromatic rings. The van der Waals surface area contributed by atoms with Crippen molar-refractivity contribution < 1.29 is 4.79 Å². The minimum atomic E-state index is -0.284. The zero-order chi connectivity index (χ0) is 16.1. The first-order valence-electron chi connectivity index (χ1n) is 7.60. The van der Waals surface area contributed by atoms with Gasteiger partial charge in [-0.1, -0.05) is 61.5 Å². The van der Waals surface area contributed by atoms with E-state index >= 15 is 0 Å². The van der Waals surface area contributed by atoms with Crippen LogP contribution in [0.5, 0.6) is 0 Å². The van der Waals surface area contributed by atoms with Crippen molar-refractivity contribution in [1.82, 2.24) is 4.90 Å². The largest absolute Gasteiger partial charge is 0.341 e. The highest BCUT2D eigenvalue weighted by molar-refractivity contribution is 5.85. The van der Waals surface area contributed by atoms with E-state index in [4.69, 9.17) is 5.73 Å². The van der Waals surface area contributed by atoms with Gasteiger partial charge in [0.25, 0.3) is 0 Å². The number of aryl methyl sites for hydroxylation is 1. The Bertz CT molecular complexity index is 630. The third kappa shape index (κ3) is 4.81. The molecule has 2 rings (SSSR count). The van der Waals surface area contributed by atoms with Crippen molar-refractivity contribution in [2.45, 2.75) is 26.4 Å². The van der Waals surface area contributed by atoms with Crippen molar-refractivity contribution in [1.29, 1.82) is 0 Å². The van der Waals surface area contributed by atoms with Gasteiger partial charge in [-0.05, 0) is 23.6 Å². The summed E-state index contributed by atoms with van der Waals surface area (Å²) in [6, 6.07) is 17.6. The van der Waals surface area contributed by atoms with Crippen LogP contribution >= 0.6 is 12.4 Å². The summed E-state index contributed by atoms with van der Waals surface area (Å²) in [7, 11) is 1.84. The molecule has 0 radical (unpaired) electrons. The summed E-state index contributed by atoms with van der Waals surface area (Å²) in [5, 5.41) is 0. The zero-order valence-corrected chi connectivity index (χ0v) is 14.7. The van der Waals surface area contributed by atoms with Crippen molar-refractivity contribution in [3.8, 4) is 0 Å². The van der Waals surface area contributed by atoms with Gasteiger partial charge in [0.15, 0.2) is 0 Å². The van der Waals surface area contributed by atoms with Crippen LogP contribution < -0.4 is 5.73 Å². The number of amides is 1. The van der Waals surface area contributed by atoms with Crippen LogP contribution in [0.3, 0.4) is 0 Å². The number of carbonyl (C=O) groups excluding carboxylic acids is 1. The van der Waals surface area contributed by atoms with E-state index in [0.29, 0.717) is 6.54 Å². The molecular formula is C19H25ClN2O. The second kappa shape index (κ2) is 8.70. The number of hydrogen-bond acceptors (Lipinski definition) is 2. The molecule has 1 amide bonds. The van der Waals surface area contributed by atoms with E-state index in [0.717, 1.165) is 5.56 Å². The van der Waals surface area contributed by atoms with Gasteiger partial charge in [0.05, 0.1) is 5.92 Å². The monoisotopic (exact) mass is 332 g/mol. The molecule has 0 spiro atoms. The normalized spacial score (nSPS) is 12.9. The van der Waals surface area contributed by atoms with Gasteiger partial charge < -0.3 is 10.6 Å². The van der Waals surface area contributed by atoms with Gasteiger partial charge >= 0.3 is 0 Å². The maximum atomic E-state index is 12.6. The van der Waals surface area contributed by atoms with Gasteiger partial charge in [-0.3, -0.25) is 4.79 Å². The standard InChI is InChI=1S/C19H24N2O.ClH/c1-14-9-7-8-12-17(14)13-21(3)19(22)15(2)18(20)16-10-5-4-6-11-16;/h4-12,15,18H,13,20H2,1-3H3;1H. The highest BCUT2D eigenvalue weighted by atomic mass is 35.5. The molecule has 0 aliphatic rings. The second-order valence-electron chi connectivity index (χ2n) is 5.85. The van der Waals surface area contributed by atoms with E-state index in [-0.39, 0.29) is 30.3 Å². The maximum Gasteiger partial charge on any atom is 0.227 e. The number of benzene rings is 2. The molecule has 0 bridgehead atoms. The van der Waals surface area contributed by atoms with Crippen LogP contribution in [0.2, 0.25) is 0 Å². The maximum absolute atomic E-state index is 12.6. The zero-order valence-electron chi connectivity index (χ0n) is 13.9. The number of halogens is 1. The third-order valence-corrected chi connectivity index (χ3v) is 4.16. The van der Waals surface area contributed by atoms with Crippen LogP contribution in [0.4, 0.5) is 0 Å². The smallest absolute Gasteiger partial charge is 0.227 e. The minimum Gasteiger partial charge on any atom is -0.341 e. The molecule has 2 atom stereocenters. The molecule has 0 heterocycles. The average molecular weight is 333 g/mol. The van der Waals surface area contributed by atoms with Crippen LogP contribution in [0.15, 0.2) is 54.6 Å². The van der Waals surface area contributed by atoms with Gasteiger partial charge in [-0.15, -0.1) is 12.4 Å². The molecule has 2 aromatic carbocycles. The Kier molecular flexibility index (Phi) is 7.27. The minimum absolute atomic E-state index is 0. The van der Waals surface area contributed by atoms with Crippen molar-refractivity contribution in [3.05, 3.63) is 71.3 Å². The number of nitrogens with zero attached hydrogens (tertiary/aromatic N) is 1. The lowest BCUT2D eigenvalue weighted by Gasteiger charge is -2.26. The summed E-state index contributed by atoms with van der Waals surface area (Å²) >= 11 is 0. The van der Waals surface area contributed by atoms with Crippen LogP contribution in [-0.2, 0) is 11.3 Å². The van der Waals surface area contributed by atoms with Crippen LogP contribution in [0, 0.1) is 12.8 Å². The molecule has 2 unspecified atom stereocenters. The second-order valence-corrected chi connectivity index (χ2v) is 5.85. The Morgan fingerprint density at radius 1 is 1.09 bits per heavy atom. The van der Waals surface area contributed by atoms with Gasteiger partial charge in [-0.2, -0.15) is 0 Å². The first kappa shape index (κ1) is 19.2. The van der Waals surface area contributed by atoms with Crippen molar-refractivity contribution >= 4 is 18.3 Å². The molecular weight excluding hydrogens is 308 g/mol. The highest BCUT2D eigenvalue weighted by Crippen LogP contribution is 2.21. The molecule has 0 saturated carbocycles. The topological polar surface area (TPSA) is 46.3 Å². The molecule has 3 nitrogen and oxygen atoms in total. The predicted molar refractivity (Wildman–Crippen MR) is 97.4 cm³/mol. The molecule has 0 aliphatic heterocycles. The van der Waals surface area contributed by atoms with Gasteiger partial charge in [0.1, 0.15) is 0 Å². The van der Waals surface area contributed by atoms with E-state index in [1.165, 1.54) is 11.1 Å². The van der Waals surface area contributed by atoms with Crippen LogP contribution in [-0.4, -0.2) is 17.9 Å². The summed E-state index contributed by atoms with van der Waals surface area (Å²) < 4.78 is 0. The summed E-state index contributed by atoms with van der Waals surface area (Å²) in [6.07, 6.45) is 0. The Morgan fingerprint density at radius 3 is 2.26 bits per heavy atom. The third-order valence-electron chi connectivity index (χ3n) is 4.16. The Balaban J connectivity index is 0.00000264. The molecule has 0 aliphatic carbocycles. The fourth-order valence-corrected chi connectivity index (χ4v) is 2.59. The van der Waals surface area contributed by atoms with Crippen molar-refractivity contribution in [2.24, 2.45) is 11.7 Å². The number of nitrogens with two attached hydrogens (primary N) is 1. The Labute approximate surface area is 144 Å². The molecule has 0 fully saturated rings. The number of hydrogen-bond donors (Lipinski definition) is 1. The van der Waals surface area contributed by atoms with E-state index in [1.54, 1.807) is 4.90 Å². The summed E-state index contributed by atoms with van der Waals surface area (Å²) in [4.78, 5) is 14.4. The van der Waals surface area contributed by atoms with Gasteiger partial charge in [0, 0.05) is 19.6 Å². The van der Waals surface area contributed by atoms with E-state index in [1.807, 2.05) is 56.4 Å². The number of rotatable bonds is 5. The molecule has 4 heteroatoms. The SMILES string of the molecule is Cc1ccccc1CN(C)C(=O)C(C)C(N)c1ccccc1.Cl. The van der Waals surface area contributed by atoms with E-state index in [9.17, 15) is 4.79 Å². The molecule has 0 aromatic heterocycles. The molecule has 0 saturated heterocycles. The van der Waals surface area contributed by atoms with Crippen LogP contribution in [0.25, 0.3) is 0 Å². The quantitative estimate of drug-likeness (QED) is 0.907. The Morgan fingerprint density at radius 2 is 1.65 bits per heavy atom. The lowest BCUT2D eigenvalue weighted by molar-refractivity contribution is -0.134. The summed E-state index contributed by atoms with van der Waals surface area (Å²) in [5.41, 5.74) is 9.61. The fraction of sp³-hybridized carbons (Fsp3) is 0.316. The molecule has 23 heavy (non-hydrogen) atoms. The first-order valence-corrected chi connectivity index (χ1v) is 7.60. The van der Waals surface area contributed by atoms with Gasteiger partial charge in [0.2, 0.25) is 5.91 Å². The summed E-state index contributed by atoms with van der Waals surface area (Å²) in [5.74, 6) is -0.184. The van der Waals surface area contributed by atoms with Crippen molar-refractivity contribution in [2.75, 3.05) is 7.05 Å². The molecule has 124 valence electrons. The fourth-order valence-electron chi connectivity index (χ4n) is 2.59. The lowest BCUT2D eigenvalue weighted by Crippen LogP contribution is -2.36. The first-order chi connectivity index (χ1) is 10.5. The van der Waals surface area contributed by atoms with E-state index < -0.39 is 0 Å². The van der Waals surface area contributed by atoms with Gasteiger partial charge in [-0.25, -0.2) is 0 Å². The number of carbonyl (C=O) groups is 1. The average Bonchev–Trinajstić information content (AvgIpc) is 2.55. The molecule has 2 N–H and O–H groups in total. The van der Waals surface area contributed by atoms with Crippen LogP contribution in [0.1, 0.15) is 29.7 Å². The highest BCUT2D eigenvalue weighted by Gasteiger charge is 2.25. The Hall–Kier alpha value is -1.84. The van der Waals surface area contributed by atoms with E-state index in [2.05, 4.69) is 19.1 Å². The lowest BCUT2D eigenvalue weighted by atomic mass is 9.94. The summed E-state index contributed by atoms with van der Waals surface area (Å²) in [6.45, 7) is 4.57. The van der Waals surface area contributed by atoms with Crippen molar-refractivity contribution in [3.63, 3.8) is 0 Å².